The number of nitrogens with two attached hydrogens (primary N) is 2. The number of nitrogens with zero attached hydrogens (tertiary/aromatic N) is 2. The topological polar surface area (TPSA) is 128 Å². The molecule has 0 aliphatic rings. The third-order valence-electron chi connectivity index (χ3n) is 1.62. The summed E-state index contributed by atoms with van der Waals surface area (Å²) >= 11 is 0. The van der Waals surface area contributed by atoms with Crippen LogP contribution in [0.3, 0.4) is 0 Å². The Bertz CT molecular complexity index is 345. The van der Waals surface area contributed by atoms with Gasteiger partial charge in [-0.05, 0) is 12.5 Å². The van der Waals surface area contributed by atoms with Gasteiger partial charge in [0.25, 0.3) is 5.09 Å². The van der Waals surface area contributed by atoms with E-state index in [0.717, 1.165) is 5.56 Å². The molecule has 5 N–H and O–H groups in total. The van der Waals surface area contributed by atoms with Crippen molar-refractivity contribution in [2.24, 2.45) is 16.5 Å². The van der Waals surface area contributed by atoms with Crippen molar-refractivity contribution >= 4 is 5.96 Å². The van der Waals surface area contributed by atoms with E-state index in [1.54, 1.807) is 0 Å². The number of rotatable bonds is 2. The van der Waals surface area contributed by atoms with Gasteiger partial charge in [0.1, 0.15) is 0 Å². The van der Waals surface area contributed by atoms with Crippen LogP contribution in [0.15, 0.2) is 35.3 Å². The summed E-state index contributed by atoms with van der Waals surface area (Å²) in [6, 6.07) is 9.93. The van der Waals surface area contributed by atoms with Crippen LogP contribution in [0.1, 0.15) is 18.5 Å². The average molecular weight is 226 g/mol. The Morgan fingerprint density at radius 1 is 1.44 bits per heavy atom. The van der Waals surface area contributed by atoms with E-state index in [2.05, 4.69) is 4.99 Å². The van der Waals surface area contributed by atoms with Gasteiger partial charge < -0.3 is 16.7 Å². The smallest absolute Gasteiger partial charge is 0.291 e. The first kappa shape index (κ1) is 13.7. The molecule has 88 valence electrons. The molecule has 0 fully saturated rings. The molecule has 16 heavy (non-hydrogen) atoms. The van der Waals surface area contributed by atoms with E-state index in [0.29, 0.717) is 0 Å². The van der Waals surface area contributed by atoms with Gasteiger partial charge in [-0.1, -0.05) is 30.3 Å². The Hall–Kier alpha value is -2.31. The SMILES string of the molecule is CC(N=C(N)N)c1ccccc1.O=[N+]([O-])O. The Morgan fingerprint density at radius 2 is 1.88 bits per heavy atom. The van der Waals surface area contributed by atoms with Crippen LogP contribution in [0.25, 0.3) is 0 Å². The summed E-state index contributed by atoms with van der Waals surface area (Å²) in [6.45, 7) is 1.95. The van der Waals surface area contributed by atoms with Gasteiger partial charge in [0.2, 0.25) is 0 Å². The minimum absolute atomic E-state index is 0.0381. The summed E-state index contributed by atoms with van der Waals surface area (Å²) in [5, 5.41) is 13.6. The Labute approximate surface area is 92.5 Å². The predicted octanol–water partition coefficient (Wildman–Crippen LogP) is 0.673. The van der Waals surface area contributed by atoms with Crippen molar-refractivity contribution < 1.29 is 10.3 Å². The summed E-state index contributed by atoms with van der Waals surface area (Å²) in [5.74, 6) is 0.131. The molecule has 0 amide bonds. The second-order valence-corrected chi connectivity index (χ2v) is 2.88. The molecular weight excluding hydrogens is 212 g/mol. The highest BCUT2D eigenvalue weighted by molar-refractivity contribution is 5.75. The van der Waals surface area contributed by atoms with Gasteiger partial charge in [-0.15, -0.1) is 10.1 Å². The molecule has 0 aliphatic carbocycles. The first-order valence-electron chi connectivity index (χ1n) is 4.40. The summed E-state index contributed by atoms with van der Waals surface area (Å²) in [4.78, 5) is 12.4. The fourth-order valence-corrected chi connectivity index (χ4v) is 1.03. The number of aliphatic imine (C=N–C) groups is 1. The van der Waals surface area contributed by atoms with Gasteiger partial charge in [-0.3, -0.25) is 0 Å². The lowest BCUT2D eigenvalue weighted by atomic mass is 10.1. The minimum atomic E-state index is -1.50. The molecule has 7 nitrogen and oxygen atoms in total. The molecule has 1 rings (SSSR count). The van der Waals surface area contributed by atoms with E-state index in [1.807, 2.05) is 37.3 Å². The lowest BCUT2D eigenvalue weighted by Crippen LogP contribution is -2.23. The maximum atomic E-state index is 8.36. The predicted molar refractivity (Wildman–Crippen MR) is 59.4 cm³/mol. The number of hydrogen-bond acceptors (Lipinski definition) is 3. The second-order valence-electron chi connectivity index (χ2n) is 2.88. The quantitative estimate of drug-likeness (QED) is 0.295. The van der Waals surface area contributed by atoms with Crippen molar-refractivity contribution in [3.05, 3.63) is 46.0 Å². The number of guanidine groups is 1. The summed E-state index contributed by atoms with van der Waals surface area (Å²) in [5.41, 5.74) is 11.6. The molecule has 0 heterocycles. The van der Waals surface area contributed by atoms with Gasteiger partial charge in [-0.2, -0.15) is 0 Å². The fraction of sp³-hybridized carbons (Fsp3) is 0.222. The van der Waals surface area contributed by atoms with E-state index in [9.17, 15) is 0 Å². The van der Waals surface area contributed by atoms with Crippen LogP contribution >= 0.6 is 0 Å². The summed E-state index contributed by atoms with van der Waals surface area (Å²) in [6.07, 6.45) is 0. The molecule has 1 unspecified atom stereocenters. The van der Waals surface area contributed by atoms with E-state index >= 15 is 0 Å². The standard InChI is InChI=1S/C9H13N3.HNO3/c1-7(12-9(10)11)8-5-3-2-4-6-8;2-1(3)4/h2-7H,1H3,(H4,10,11,12);(H,2,3,4). The van der Waals surface area contributed by atoms with Gasteiger partial charge in [0.05, 0.1) is 6.04 Å². The number of hydrogen-bond donors (Lipinski definition) is 3. The molecule has 1 aromatic rings. The van der Waals surface area contributed by atoms with Crippen LogP contribution in [-0.4, -0.2) is 16.3 Å². The van der Waals surface area contributed by atoms with Crippen molar-refractivity contribution in [3.63, 3.8) is 0 Å². The fourth-order valence-electron chi connectivity index (χ4n) is 1.03. The Balaban J connectivity index is 0.000000487. The molecule has 0 aromatic heterocycles. The van der Waals surface area contributed by atoms with E-state index < -0.39 is 5.09 Å². The Kier molecular flexibility index (Phi) is 6.03. The van der Waals surface area contributed by atoms with Crippen molar-refractivity contribution in [1.82, 2.24) is 0 Å². The normalized spacial score (nSPS) is 10.6. The lowest BCUT2D eigenvalue weighted by Gasteiger charge is -2.05. The van der Waals surface area contributed by atoms with Crippen molar-refractivity contribution in [1.29, 1.82) is 0 Å². The van der Waals surface area contributed by atoms with Crippen LogP contribution in [0, 0.1) is 10.1 Å². The third-order valence-corrected chi connectivity index (χ3v) is 1.62. The summed E-state index contributed by atoms with van der Waals surface area (Å²) in [7, 11) is 0. The highest BCUT2D eigenvalue weighted by Gasteiger charge is 2.00. The maximum Gasteiger partial charge on any atom is 0.291 e. The third kappa shape index (κ3) is 7.13. The second kappa shape index (κ2) is 7.04. The van der Waals surface area contributed by atoms with Crippen LogP contribution in [0.4, 0.5) is 0 Å². The summed E-state index contributed by atoms with van der Waals surface area (Å²) < 4.78 is 0. The zero-order valence-corrected chi connectivity index (χ0v) is 8.78. The zero-order chi connectivity index (χ0) is 12.6. The van der Waals surface area contributed by atoms with Crippen molar-refractivity contribution in [3.8, 4) is 0 Å². The molecule has 1 atom stereocenters. The molecule has 0 bridgehead atoms. The first-order valence-corrected chi connectivity index (χ1v) is 4.40. The monoisotopic (exact) mass is 226 g/mol. The van der Waals surface area contributed by atoms with Crippen LogP contribution in [0.5, 0.6) is 0 Å². The largest absolute Gasteiger partial charge is 0.370 e. The average Bonchev–Trinajstić information content (AvgIpc) is 2.17. The van der Waals surface area contributed by atoms with Gasteiger partial charge >= 0.3 is 0 Å². The van der Waals surface area contributed by atoms with Gasteiger partial charge in [-0.25, -0.2) is 4.99 Å². The van der Waals surface area contributed by atoms with Crippen molar-refractivity contribution in [2.45, 2.75) is 13.0 Å². The van der Waals surface area contributed by atoms with Crippen LogP contribution in [0.2, 0.25) is 0 Å². The molecule has 1 aromatic carbocycles. The lowest BCUT2D eigenvalue weighted by molar-refractivity contribution is -0.742. The molecule has 0 spiro atoms. The molecule has 0 saturated heterocycles. The van der Waals surface area contributed by atoms with E-state index in [-0.39, 0.29) is 12.0 Å². The van der Waals surface area contributed by atoms with E-state index in [4.69, 9.17) is 26.8 Å². The van der Waals surface area contributed by atoms with Gasteiger partial charge in [0.15, 0.2) is 5.96 Å². The number of benzene rings is 1. The molecule has 0 saturated carbocycles. The molecular formula is C9H14N4O3. The van der Waals surface area contributed by atoms with Crippen molar-refractivity contribution in [2.75, 3.05) is 0 Å². The highest BCUT2D eigenvalue weighted by atomic mass is 16.9. The maximum absolute atomic E-state index is 8.36. The molecule has 0 radical (unpaired) electrons. The van der Waals surface area contributed by atoms with Crippen LogP contribution in [-0.2, 0) is 0 Å². The van der Waals surface area contributed by atoms with Crippen LogP contribution < -0.4 is 11.5 Å². The zero-order valence-electron chi connectivity index (χ0n) is 8.78. The Morgan fingerprint density at radius 3 is 2.25 bits per heavy atom. The highest BCUT2D eigenvalue weighted by Crippen LogP contribution is 2.14. The van der Waals surface area contributed by atoms with E-state index in [1.165, 1.54) is 0 Å². The van der Waals surface area contributed by atoms with Gasteiger partial charge in [0, 0.05) is 0 Å². The minimum Gasteiger partial charge on any atom is -0.370 e. The molecule has 0 aliphatic heterocycles. The first-order chi connectivity index (χ1) is 7.43. The molecule has 7 heteroatoms.